The van der Waals surface area contributed by atoms with E-state index in [2.05, 4.69) is 47.9 Å². The van der Waals surface area contributed by atoms with E-state index in [4.69, 9.17) is 0 Å². The Balaban J connectivity index is 1.47. The fraction of sp³-hybridized carbons (Fsp3) is 0.429. The predicted molar refractivity (Wildman–Crippen MR) is 106 cm³/mol. The van der Waals surface area contributed by atoms with Gasteiger partial charge in [0.15, 0.2) is 0 Å². The second-order valence-electron chi connectivity index (χ2n) is 7.66. The number of rotatable bonds is 8. The van der Waals surface area contributed by atoms with Crippen molar-refractivity contribution >= 4 is 11.6 Å². The maximum atomic E-state index is 12.4. The van der Waals surface area contributed by atoms with E-state index in [9.17, 15) is 4.79 Å². The number of carbonyl (C=O) groups is 1. The number of ketones is 1. The van der Waals surface area contributed by atoms with Gasteiger partial charge in [0.2, 0.25) is 5.78 Å². The van der Waals surface area contributed by atoms with Crippen LogP contribution < -0.4 is 10.6 Å². The average Bonchev–Trinajstić information content (AvgIpc) is 3.17. The van der Waals surface area contributed by atoms with E-state index < -0.39 is 0 Å². The van der Waals surface area contributed by atoms with Crippen LogP contribution in [-0.2, 0) is 4.79 Å². The molecule has 2 heterocycles. The Hall–Kier alpha value is -2.24. The largest absolute Gasteiger partial charge is 0.364 e. The number of carbonyl (C=O) groups excluding carboxylic acids is 1. The molecule has 0 unspecified atom stereocenters. The Bertz CT molecular complexity index is 707. The minimum atomic E-state index is 0.0626. The number of pyridine rings is 1. The third-order valence-electron chi connectivity index (χ3n) is 4.93. The quantitative estimate of drug-likeness (QED) is 0.716. The highest BCUT2D eigenvalue weighted by Crippen LogP contribution is 2.18. The number of nitrogens with one attached hydrogen (secondary N) is 2. The summed E-state index contributed by atoms with van der Waals surface area (Å²) in [6.45, 7) is 3.20. The Morgan fingerprint density at radius 2 is 2.00 bits per heavy atom. The van der Waals surface area contributed by atoms with Gasteiger partial charge in [-0.25, -0.2) is 4.98 Å². The number of aromatic nitrogens is 1. The van der Waals surface area contributed by atoms with Crippen LogP contribution in [-0.4, -0.2) is 61.6 Å². The summed E-state index contributed by atoms with van der Waals surface area (Å²) in [6.07, 6.45) is 3.98. The van der Waals surface area contributed by atoms with Crippen molar-refractivity contribution < 1.29 is 9.28 Å². The smallest absolute Gasteiger partial charge is 0.203 e. The van der Waals surface area contributed by atoms with Crippen molar-refractivity contribution in [3.05, 3.63) is 48.7 Å². The van der Waals surface area contributed by atoms with E-state index in [1.54, 1.807) is 0 Å². The van der Waals surface area contributed by atoms with E-state index in [-0.39, 0.29) is 6.04 Å². The molecule has 1 aromatic carbocycles. The number of likely N-dealkylation sites (N-methyl/N-ethyl adjacent to an activating group) is 1. The monoisotopic (exact) mass is 353 g/mol. The third kappa shape index (κ3) is 5.13. The Labute approximate surface area is 156 Å². The number of hydrogen-bond acceptors (Lipinski definition) is 4. The first-order valence-corrected chi connectivity index (χ1v) is 9.37. The highest BCUT2D eigenvalue weighted by atomic mass is 16.1. The lowest BCUT2D eigenvalue weighted by Crippen LogP contribution is -2.50. The van der Waals surface area contributed by atoms with Crippen molar-refractivity contribution in [1.29, 1.82) is 0 Å². The second kappa shape index (κ2) is 8.43. The fourth-order valence-corrected chi connectivity index (χ4v) is 3.36. The van der Waals surface area contributed by atoms with Gasteiger partial charge in [-0.1, -0.05) is 30.3 Å². The van der Waals surface area contributed by atoms with Crippen molar-refractivity contribution in [2.45, 2.75) is 18.9 Å². The standard InChI is InChI=1S/C21H29N4O/c1-25(2,16-20(26)19-9-6-12-22-19)14-13-23-21-11-10-18(15-24-21)17-7-4-3-5-8-17/h3-5,7-8,10-11,15,19,22H,6,9,12-14,16H2,1-2H3,(H,23,24)/q+1/t19-/m0/s1. The molecule has 0 aliphatic carbocycles. The van der Waals surface area contributed by atoms with Gasteiger partial charge in [0.25, 0.3) is 0 Å². The molecule has 2 N–H and O–H groups in total. The van der Waals surface area contributed by atoms with Crippen LogP contribution in [0.25, 0.3) is 11.1 Å². The summed E-state index contributed by atoms with van der Waals surface area (Å²) in [4.78, 5) is 16.9. The first-order chi connectivity index (χ1) is 12.5. The summed E-state index contributed by atoms with van der Waals surface area (Å²) < 4.78 is 0.687. The molecule has 1 aliphatic rings. The van der Waals surface area contributed by atoms with E-state index in [1.807, 2.05) is 30.5 Å². The molecular formula is C21H29N4O+. The number of nitrogens with zero attached hydrogens (tertiary/aromatic N) is 2. The molecule has 2 aromatic rings. The summed E-state index contributed by atoms with van der Waals surface area (Å²) in [7, 11) is 4.22. The van der Waals surface area contributed by atoms with Crippen LogP contribution in [0.15, 0.2) is 48.7 Å². The maximum Gasteiger partial charge on any atom is 0.203 e. The molecule has 1 saturated heterocycles. The van der Waals surface area contributed by atoms with E-state index >= 15 is 0 Å². The summed E-state index contributed by atoms with van der Waals surface area (Å²) in [5, 5.41) is 6.66. The molecule has 0 amide bonds. The third-order valence-corrected chi connectivity index (χ3v) is 4.93. The number of hydrogen-bond donors (Lipinski definition) is 2. The Morgan fingerprint density at radius 3 is 2.65 bits per heavy atom. The zero-order chi connectivity index (χ0) is 18.4. The van der Waals surface area contributed by atoms with Crippen LogP contribution in [0.2, 0.25) is 0 Å². The van der Waals surface area contributed by atoms with E-state index in [0.29, 0.717) is 16.8 Å². The van der Waals surface area contributed by atoms with Crippen LogP contribution in [0.3, 0.4) is 0 Å². The van der Waals surface area contributed by atoms with Gasteiger partial charge in [0.05, 0.1) is 33.2 Å². The van der Waals surface area contributed by atoms with Crippen molar-refractivity contribution in [2.24, 2.45) is 0 Å². The lowest BCUT2D eigenvalue weighted by molar-refractivity contribution is -0.880. The van der Waals surface area contributed by atoms with Gasteiger partial charge in [-0.3, -0.25) is 4.79 Å². The molecule has 1 fully saturated rings. The van der Waals surface area contributed by atoms with Gasteiger partial charge in [0.1, 0.15) is 12.4 Å². The number of benzene rings is 1. The van der Waals surface area contributed by atoms with Crippen molar-refractivity contribution in [3.63, 3.8) is 0 Å². The highest BCUT2D eigenvalue weighted by molar-refractivity contribution is 5.85. The molecule has 26 heavy (non-hydrogen) atoms. The summed E-state index contributed by atoms with van der Waals surface area (Å²) in [5.41, 5.74) is 2.28. The first-order valence-electron chi connectivity index (χ1n) is 9.37. The van der Waals surface area contributed by atoms with Crippen molar-refractivity contribution in [1.82, 2.24) is 10.3 Å². The van der Waals surface area contributed by atoms with Gasteiger partial charge in [-0.15, -0.1) is 0 Å². The van der Waals surface area contributed by atoms with Crippen LogP contribution in [0, 0.1) is 0 Å². The normalized spacial score (nSPS) is 17.2. The zero-order valence-electron chi connectivity index (χ0n) is 15.7. The molecule has 5 nitrogen and oxygen atoms in total. The van der Waals surface area contributed by atoms with Crippen LogP contribution in [0.5, 0.6) is 0 Å². The Morgan fingerprint density at radius 1 is 1.19 bits per heavy atom. The molecule has 138 valence electrons. The minimum Gasteiger partial charge on any atom is -0.364 e. The highest BCUT2D eigenvalue weighted by Gasteiger charge is 2.28. The molecule has 3 rings (SSSR count). The fourth-order valence-electron chi connectivity index (χ4n) is 3.36. The average molecular weight is 353 g/mol. The van der Waals surface area contributed by atoms with Crippen molar-refractivity contribution in [2.75, 3.05) is 45.6 Å². The second-order valence-corrected chi connectivity index (χ2v) is 7.66. The molecule has 0 spiro atoms. The summed E-state index contributed by atoms with van der Waals surface area (Å²) >= 11 is 0. The molecular weight excluding hydrogens is 324 g/mol. The van der Waals surface area contributed by atoms with Gasteiger partial charge in [0, 0.05) is 11.8 Å². The van der Waals surface area contributed by atoms with Crippen LogP contribution in [0.1, 0.15) is 12.8 Å². The van der Waals surface area contributed by atoms with E-state index in [1.165, 1.54) is 5.56 Å². The van der Waals surface area contributed by atoms with E-state index in [0.717, 1.165) is 43.9 Å². The lowest BCUT2D eigenvalue weighted by Gasteiger charge is -2.30. The molecule has 0 radical (unpaired) electrons. The molecule has 0 saturated carbocycles. The first kappa shape index (κ1) is 18.5. The number of Topliss-reactive ketones (excluding diaryl/α,β-unsaturated/α-hetero) is 1. The molecule has 1 aromatic heterocycles. The SMILES string of the molecule is C[N+](C)(CCNc1ccc(-c2ccccc2)cn1)CC(=O)[C@@H]1CCCN1. The Kier molecular flexibility index (Phi) is 6.01. The molecule has 5 heteroatoms. The maximum absolute atomic E-state index is 12.4. The topological polar surface area (TPSA) is 54.0 Å². The summed E-state index contributed by atoms with van der Waals surface area (Å²) in [6, 6.07) is 14.4. The molecule has 0 bridgehead atoms. The minimum absolute atomic E-state index is 0.0626. The van der Waals surface area contributed by atoms with Gasteiger partial charge >= 0.3 is 0 Å². The van der Waals surface area contributed by atoms with Crippen LogP contribution in [0.4, 0.5) is 5.82 Å². The zero-order valence-corrected chi connectivity index (χ0v) is 15.7. The van der Waals surface area contributed by atoms with Gasteiger partial charge in [-0.05, 0) is 37.1 Å². The van der Waals surface area contributed by atoms with Gasteiger partial charge < -0.3 is 15.1 Å². The number of quaternary nitrogens is 1. The van der Waals surface area contributed by atoms with Gasteiger partial charge in [-0.2, -0.15) is 0 Å². The van der Waals surface area contributed by atoms with Crippen LogP contribution >= 0.6 is 0 Å². The number of anilines is 1. The molecule has 1 aliphatic heterocycles. The van der Waals surface area contributed by atoms with Crippen molar-refractivity contribution in [3.8, 4) is 11.1 Å². The summed E-state index contributed by atoms with van der Waals surface area (Å²) in [5.74, 6) is 1.20. The lowest BCUT2D eigenvalue weighted by atomic mass is 10.1. The predicted octanol–water partition coefficient (Wildman–Crippen LogP) is 2.56. The molecule has 1 atom stereocenters.